The molecule has 0 aliphatic carbocycles. The number of H-pyrrole nitrogens is 1. The molecular formula is C8H6LiN. The van der Waals surface area contributed by atoms with Crippen molar-refractivity contribution in [2.24, 2.45) is 0 Å². The third-order valence-electron chi connectivity index (χ3n) is 1.80. The van der Waals surface area contributed by atoms with Crippen LogP contribution < -0.4 is 4.24 Å². The van der Waals surface area contributed by atoms with Gasteiger partial charge >= 0.3 is 68.3 Å². The van der Waals surface area contributed by atoms with Gasteiger partial charge < -0.3 is 0 Å². The first-order chi connectivity index (χ1) is 4.88. The van der Waals surface area contributed by atoms with Crippen LogP contribution in [0.4, 0.5) is 0 Å². The average Bonchev–Trinajstić information content (AvgIpc) is 2.34. The van der Waals surface area contributed by atoms with E-state index in [1.807, 2.05) is 12.3 Å². The number of aromatic nitrogens is 1. The Balaban J connectivity index is 2.93. The van der Waals surface area contributed by atoms with Crippen LogP contribution >= 0.6 is 0 Å². The molecule has 1 N–H and O–H groups in total. The van der Waals surface area contributed by atoms with Crippen molar-refractivity contribution in [3.8, 4) is 0 Å². The Labute approximate surface area is 68.6 Å². The first-order valence-electron chi connectivity index (χ1n) is 3.40. The van der Waals surface area contributed by atoms with Crippen molar-refractivity contribution in [2.75, 3.05) is 0 Å². The third-order valence-corrected chi connectivity index (χ3v) is 1.80. The molecule has 0 fully saturated rings. The van der Waals surface area contributed by atoms with Gasteiger partial charge in [0.25, 0.3) is 0 Å². The van der Waals surface area contributed by atoms with Gasteiger partial charge in [0.1, 0.15) is 0 Å². The molecule has 2 heteroatoms. The number of aromatic amines is 1. The van der Waals surface area contributed by atoms with Crippen LogP contribution in [0.3, 0.4) is 0 Å². The van der Waals surface area contributed by atoms with Gasteiger partial charge in [0.2, 0.25) is 0 Å². The Kier molecular flexibility index (Phi) is 1.34. The summed E-state index contributed by atoms with van der Waals surface area (Å²) in [6.07, 6.45) is 2.03. The fourth-order valence-corrected chi connectivity index (χ4v) is 1.22. The van der Waals surface area contributed by atoms with Crippen LogP contribution in [0.25, 0.3) is 10.9 Å². The zero-order valence-electron chi connectivity index (χ0n) is 5.89. The summed E-state index contributed by atoms with van der Waals surface area (Å²) in [6.45, 7) is 0. The third kappa shape index (κ3) is 0.794. The second-order valence-corrected chi connectivity index (χ2v) is 2.52. The van der Waals surface area contributed by atoms with E-state index in [0.717, 1.165) is 0 Å². The summed E-state index contributed by atoms with van der Waals surface area (Å²) in [5.74, 6) is 0. The molecule has 0 unspecified atom stereocenters. The molecule has 0 spiro atoms. The van der Waals surface area contributed by atoms with Crippen molar-refractivity contribution < 1.29 is 0 Å². The van der Waals surface area contributed by atoms with Crippen molar-refractivity contribution in [3.05, 3.63) is 30.5 Å². The summed E-state index contributed by atoms with van der Waals surface area (Å²) in [7, 11) is 0. The van der Waals surface area contributed by atoms with E-state index >= 15 is 0 Å². The predicted octanol–water partition coefficient (Wildman–Crippen LogP) is 0.962. The average molecular weight is 123 g/mol. The van der Waals surface area contributed by atoms with E-state index in [9.17, 15) is 0 Å². The van der Waals surface area contributed by atoms with Crippen molar-refractivity contribution in [2.45, 2.75) is 0 Å². The van der Waals surface area contributed by atoms with Crippen LogP contribution in [-0.2, 0) is 0 Å². The first-order valence-corrected chi connectivity index (χ1v) is 3.40. The fourth-order valence-electron chi connectivity index (χ4n) is 1.22. The molecule has 1 aromatic carbocycles. The van der Waals surface area contributed by atoms with E-state index in [-0.39, 0.29) is 0 Å². The molecule has 1 nitrogen and oxygen atoms in total. The van der Waals surface area contributed by atoms with Gasteiger partial charge in [0.15, 0.2) is 0 Å². The molecular weight excluding hydrogens is 117 g/mol. The summed E-state index contributed by atoms with van der Waals surface area (Å²) in [6, 6.07) is 8.31. The molecule has 0 saturated carbocycles. The second kappa shape index (κ2) is 2.19. The van der Waals surface area contributed by atoms with E-state index in [2.05, 4.69) is 40.9 Å². The van der Waals surface area contributed by atoms with Crippen LogP contribution in [0.1, 0.15) is 0 Å². The number of fused-ring (bicyclic) bond motifs is 1. The van der Waals surface area contributed by atoms with E-state index in [0.29, 0.717) is 0 Å². The van der Waals surface area contributed by atoms with E-state index < -0.39 is 0 Å². The van der Waals surface area contributed by atoms with Crippen molar-refractivity contribution in [3.63, 3.8) is 0 Å². The van der Waals surface area contributed by atoms with Gasteiger partial charge in [-0.05, 0) is 0 Å². The SMILES string of the molecule is [Li][c]1c[nH]c2ccccc12. The predicted molar refractivity (Wildman–Crippen MR) is 43.7 cm³/mol. The summed E-state index contributed by atoms with van der Waals surface area (Å²) in [5.41, 5.74) is 1.22. The molecule has 0 aliphatic rings. The van der Waals surface area contributed by atoms with Gasteiger partial charge in [-0.1, -0.05) is 0 Å². The molecule has 44 valence electrons. The van der Waals surface area contributed by atoms with Crippen molar-refractivity contribution >= 4 is 32.9 Å². The van der Waals surface area contributed by atoms with Gasteiger partial charge in [0.05, 0.1) is 0 Å². The van der Waals surface area contributed by atoms with Gasteiger partial charge in [-0.15, -0.1) is 0 Å². The van der Waals surface area contributed by atoms with Crippen LogP contribution in [0, 0.1) is 0 Å². The Morgan fingerprint density at radius 2 is 2.00 bits per heavy atom. The van der Waals surface area contributed by atoms with Crippen molar-refractivity contribution in [1.29, 1.82) is 0 Å². The van der Waals surface area contributed by atoms with Gasteiger partial charge in [-0.25, -0.2) is 0 Å². The van der Waals surface area contributed by atoms with Gasteiger partial charge in [-0.3, -0.25) is 0 Å². The minimum atomic E-state index is 1.22. The molecule has 1 heterocycles. The first kappa shape index (κ1) is 6.09. The zero-order valence-corrected chi connectivity index (χ0v) is 5.89. The number of para-hydroxylation sites is 1. The maximum absolute atomic E-state index is 3.19. The van der Waals surface area contributed by atoms with Gasteiger partial charge in [-0.2, -0.15) is 0 Å². The normalized spacial score (nSPS) is 10.6. The van der Waals surface area contributed by atoms with E-state index in [1.54, 1.807) is 0 Å². The number of benzene rings is 1. The summed E-state index contributed by atoms with van der Waals surface area (Å²) >= 11 is 2.11. The van der Waals surface area contributed by atoms with E-state index in [4.69, 9.17) is 0 Å². The minimum absolute atomic E-state index is 1.22. The van der Waals surface area contributed by atoms with E-state index in [1.165, 1.54) is 15.1 Å². The molecule has 0 radical (unpaired) electrons. The quantitative estimate of drug-likeness (QED) is 0.502. The Morgan fingerprint density at radius 3 is 2.80 bits per heavy atom. The Bertz CT molecular complexity index is 351. The van der Waals surface area contributed by atoms with Crippen LogP contribution in [0.15, 0.2) is 30.5 Å². The second-order valence-electron chi connectivity index (χ2n) is 2.52. The Hall–Kier alpha value is -0.643. The number of hydrogen-bond donors (Lipinski definition) is 1. The van der Waals surface area contributed by atoms with Gasteiger partial charge in [0, 0.05) is 0 Å². The summed E-state index contributed by atoms with van der Waals surface area (Å²) in [4.78, 5) is 3.19. The molecule has 0 aliphatic heterocycles. The summed E-state index contributed by atoms with van der Waals surface area (Å²) < 4.78 is 1.32. The molecule has 10 heavy (non-hydrogen) atoms. The molecule has 2 rings (SSSR count). The van der Waals surface area contributed by atoms with Crippen LogP contribution in [-0.4, -0.2) is 22.7 Å². The van der Waals surface area contributed by atoms with Crippen LogP contribution in [0.5, 0.6) is 0 Å². The molecule has 1 aromatic heterocycles. The molecule has 2 aromatic rings. The molecule has 0 amide bonds. The number of nitrogens with one attached hydrogen (secondary N) is 1. The standard InChI is InChI=1S/C8H6N.Li/c1-2-4-8-7(3-1)5-6-9-8;/h1-4,6,9H;. The number of rotatable bonds is 0. The topological polar surface area (TPSA) is 15.8 Å². The Morgan fingerprint density at radius 1 is 1.20 bits per heavy atom. The molecule has 0 saturated heterocycles. The molecule has 0 atom stereocenters. The number of hydrogen-bond acceptors (Lipinski definition) is 0. The monoisotopic (exact) mass is 123 g/mol. The molecule has 0 bridgehead atoms. The van der Waals surface area contributed by atoms with Crippen molar-refractivity contribution in [1.82, 2.24) is 4.98 Å². The maximum atomic E-state index is 3.19. The zero-order chi connectivity index (χ0) is 6.97. The summed E-state index contributed by atoms with van der Waals surface area (Å²) in [5, 5.41) is 1.32. The van der Waals surface area contributed by atoms with Crippen LogP contribution in [0.2, 0.25) is 0 Å². The fraction of sp³-hybridized carbons (Fsp3) is 0.